The van der Waals surface area contributed by atoms with Gasteiger partial charge in [-0.2, -0.15) is 35.1 Å². The average Bonchev–Trinajstić information content (AvgIpc) is 2.68. The molecule has 0 radical (unpaired) electrons. The molecule has 0 aliphatic heterocycles. The number of fused-ring (bicyclic) bond motifs is 1. The molecule has 0 fully saturated rings. The average molecular weight is 308 g/mol. The molecular formula is C10H8F8N2. The van der Waals surface area contributed by atoms with Crippen molar-refractivity contribution >= 4 is 0 Å². The second kappa shape index (κ2) is 4.32. The Morgan fingerprint density at radius 1 is 1.00 bits per heavy atom. The fourth-order valence-electron chi connectivity index (χ4n) is 2.04. The van der Waals surface area contributed by atoms with Crippen LogP contribution in [0.4, 0.5) is 35.1 Å². The number of aryl methyl sites for hydroxylation is 1. The van der Waals surface area contributed by atoms with Gasteiger partial charge >= 0.3 is 18.3 Å². The normalized spacial score (nSPS) is 20.9. The minimum absolute atomic E-state index is 0.163. The SMILES string of the molecule is FC(F)(F)C1CCc2nc(C(F)(F)C(F)(F)F)[nH]c2C1. The summed E-state index contributed by atoms with van der Waals surface area (Å²) < 4.78 is 100. The zero-order valence-corrected chi connectivity index (χ0v) is 9.67. The lowest BCUT2D eigenvalue weighted by Crippen LogP contribution is -2.34. The van der Waals surface area contributed by atoms with Crippen molar-refractivity contribution in [3.05, 3.63) is 17.2 Å². The second-order valence-electron chi connectivity index (χ2n) is 4.56. The number of hydrogen-bond donors (Lipinski definition) is 1. The highest BCUT2D eigenvalue weighted by molar-refractivity contribution is 5.21. The van der Waals surface area contributed by atoms with Crippen molar-refractivity contribution in [3.8, 4) is 0 Å². The van der Waals surface area contributed by atoms with Gasteiger partial charge in [0, 0.05) is 12.1 Å². The van der Waals surface area contributed by atoms with Crippen LogP contribution in [0.1, 0.15) is 23.6 Å². The van der Waals surface area contributed by atoms with Crippen molar-refractivity contribution in [1.82, 2.24) is 9.97 Å². The lowest BCUT2D eigenvalue weighted by molar-refractivity contribution is -0.292. The Morgan fingerprint density at radius 2 is 1.60 bits per heavy atom. The van der Waals surface area contributed by atoms with Crippen LogP contribution >= 0.6 is 0 Å². The molecule has 20 heavy (non-hydrogen) atoms. The molecule has 1 heterocycles. The maximum absolute atomic E-state index is 13.0. The second-order valence-corrected chi connectivity index (χ2v) is 4.56. The molecule has 1 unspecified atom stereocenters. The van der Waals surface area contributed by atoms with E-state index in [1.54, 1.807) is 4.98 Å². The Hall–Kier alpha value is -1.35. The molecule has 0 aromatic carbocycles. The van der Waals surface area contributed by atoms with E-state index in [0.29, 0.717) is 0 Å². The maximum Gasteiger partial charge on any atom is 0.461 e. The first-order valence-corrected chi connectivity index (χ1v) is 5.52. The molecule has 1 N–H and O–H groups in total. The standard InChI is InChI=1S/C10H8F8N2/c11-8(12,10(16,17)18)7-19-5-2-1-4(9(13,14)15)3-6(5)20-7/h4H,1-3H2,(H,19,20). The van der Waals surface area contributed by atoms with Crippen molar-refractivity contribution in [3.63, 3.8) is 0 Å². The van der Waals surface area contributed by atoms with Crippen molar-refractivity contribution in [2.24, 2.45) is 5.92 Å². The van der Waals surface area contributed by atoms with E-state index in [2.05, 4.69) is 4.98 Å². The van der Waals surface area contributed by atoms with E-state index in [1.165, 1.54) is 0 Å². The number of halogens is 8. The highest BCUT2D eigenvalue weighted by Crippen LogP contribution is 2.44. The number of rotatable bonds is 1. The van der Waals surface area contributed by atoms with Gasteiger partial charge in [0.05, 0.1) is 11.6 Å². The summed E-state index contributed by atoms with van der Waals surface area (Å²) in [4.78, 5) is 4.81. The zero-order valence-electron chi connectivity index (χ0n) is 9.67. The lowest BCUT2D eigenvalue weighted by Gasteiger charge is -2.23. The molecule has 1 aromatic heterocycles. The molecule has 1 aliphatic carbocycles. The molecule has 0 amide bonds. The predicted octanol–water partition coefficient (Wildman–Crippen LogP) is 3.73. The molecule has 0 saturated heterocycles. The summed E-state index contributed by atoms with van der Waals surface area (Å²) in [5.74, 6) is -8.63. The fourth-order valence-corrected chi connectivity index (χ4v) is 2.04. The Labute approximate surface area is 107 Å². The van der Waals surface area contributed by atoms with Gasteiger partial charge in [-0.3, -0.25) is 0 Å². The first-order chi connectivity index (χ1) is 8.93. The number of nitrogens with one attached hydrogen (secondary N) is 1. The summed E-state index contributed by atoms with van der Waals surface area (Å²) in [6, 6.07) is 0. The fraction of sp³-hybridized carbons (Fsp3) is 0.700. The molecule has 0 saturated carbocycles. The van der Waals surface area contributed by atoms with E-state index in [4.69, 9.17) is 0 Å². The van der Waals surface area contributed by atoms with Gasteiger partial charge in [0.1, 0.15) is 0 Å². The van der Waals surface area contributed by atoms with Crippen LogP contribution in [-0.4, -0.2) is 22.3 Å². The molecule has 10 heteroatoms. The molecule has 1 aromatic rings. The van der Waals surface area contributed by atoms with Crippen LogP contribution in [0.3, 0.4) is 0 Å². The molecule has 1 atom stereocenters. The van der Waals surface area contributed by atoms with Crippen molar-refractivity contribution in [2.75, 3.05) is 0 Å². The number of hydrogen-bond acceptors (Lipinski definition) is 1. The summed E-state index contributed by atoms with van der Waals surface area (Å²) in [6.45, 7) is 0. The summed E-state index contributed by atoms with van der Waals surface area (Å²) in [7, 11) is 0. The Morgan fingerprint density at radius 3 is 2.10 bits per heavy atom. The van der Waals surface area contributed by atoms with Crippen LogP contribution in [0.25, 0.3) is 0 Å². The minimum atomic E-state index is -5.85. The Kier molecular flexibility index (Phi) is 3.25. The van der Waals surface area contributed by atoms with E-state index in [1.807, 2.05) is 0 Å². The van der Waals surface area contributed by atoms with Crippen molar-refractivity contribution in [2.45, 2.75) is 37.5 Å². The van der Waals surface area contributed by atoms with E-state index >= 15 is 0 Å². The van der Waals surface area contributed by atoms with Crippen LogP contribution in [0.5, 0.6) is 0 Å². The van der Waals surface area contributed by atoms with Gasteiger partial charge in [0.15, 0.2) is 5.82 Å². The molecule has 2 nitrogen and oxygen atoms in total. The summed E-state index contributed by atoms with van der Waals surface area (Å²) in [5.41, 5.74) is -0.470. The number of alkyl halides is 8. The third kappa shape index (κ3) is 2.47. The monoisotopic (exact) mass is 308 g/mol. The quantitative estimate of drug-likeness (QED) is 0.787. The summed E-state index contributed by atoms with van der Waals surface area (Å²) in [5, 5.41) is 0. The third-order valence-corrected chi connectivity index (χ3v) is 3.16. The van der Waals surface area contributed by atoms with E-state index in [-0.39, 0.29) is 24.2 Å². The smallest absolute Gasteiger partial charge is 0.340 e. The summed E-state index contributed by atoms with van der Waals surface area (Å²) in [6.07, 6.45) is -11.7. The summed E-state index contributed by atoms with van der Waals surface area (Å²) >= 11 is 0. The Balaban J connectivity index is 2.30. The number of nitrogens with zero attached hydrogens (tertiary/aromatic N) is 1. The van der Waals surface area contributed by atoms with Gasteiger partial charge in [-0.1, -0.05) is 0 Å². The third-order valence-electron chi connectivity index (χ3n) is 3.16. The van der Waals surface area contributed by atoms with E-state index in [0.717, 1.165) is 0 Å². The number of aromatic nitrogens is 2. The van der Waals surface area contributed by atoms with Gasteiger partial charge in [0.2, 0.25) is 0 Å². The maximum atomic E-state index is 13.0. The van der Waals surface area contributed by atoms with Gasteiger partial charge in [0.25, 0.3) is 0 Å². The van der Waals surface area contributed by atoms with Crippen LogP contribution in [0.2, 0.25) is 0 Å². The van der Waals surface area contributed by atoms with Gasteiger partial charge in [-0.05, 0) is 12.8 Å². The largest absolute Gasteiger partial charge is 0.461 e. The highest BCUT2D eigenvalue weighted by atomic mass is 19.4. The molecule has 0 bridgehead atoms. The van der Waals surface area contributed by atoms with E-state index < -0.39 is 36.4 Å². The minimum Gasteiger partial charge on any atom is -0.340 e. The van der Waals surface area contributed by atoms with Crippen LogP contribution in [0.15, 0.2) is 0 Å². The highest BCUT2D eigenvalue weighted by Gasteiger charge is 2.61. The Bertz CT molecular complexity index is 498. The van der Waals surface area contributed by atoms with Crippen LogP contribution in [0, 0.1) is 5.92 Å². The number of H-pyrrole nitrogens is 1. The first kappa shape index (κ1) is 15.0. The zero-order chi connectivity index (χ0) is 15.3. The van der Waals surface area contributed by atoms with Gasteiger partial charge < -0.3 is 4.98 Å². The molecule has 0 spiro atoms. The number of aromatic amines is 1. The van der Waals surface area contributed by atoms with Crippen LogP contribution < -0.4 is 0 Å². The number of imidazole rings is 1. The van der Waals surface area contributed by atoms with Gasteiger partial charge in [-0.15, -0.1) is 0 Å². The van der Waals surface area contributed by atoms with Crippen LogP contribution in [-0.2, 0) is 18.8 Å². The van der Waals surface area contributed by atoms with E-state index in [9.17, 15) is 35.1 Å². The molecule has 2 rings (SSSR count). The lowest BCUT2D eigenvalue weighted by atomic mass is 9.89. The molecule has 1 aliphatic rings. The first-order valence-electron chi connectivity index (χ1n) is 5.52. The van der Waals surface area contributed by atoms with Crippen molar-refractivity contribution in [1.29, 1.82) is 0 Å². The topological polar surface area (TPSA) is 28.7 Å². The predicted molar refractivity (Wildman–Crippen MR) is 50.1 cm³/mol. The molecular weight excluding hydrogens is 300 g/mol. The van der Waals surface area contributed by atoms with Gasteiger partial charge in [-0.25, -0.2) is 4.98 Å². The molecule has 114 valence electrons. The van der Waals surface area contributed by atoms with Crippen molar-refractivity contribution < 1.29 is 35.1 Å².